The Labute approximate surface area is 235 Å². The van der Waals surface area contributed by atoms with Crippen molar-refractivity contribution in [1.82, 2.24) is 9.97 Å². The largest absolute Gasteiger partial charge is 0.493 e. The number of nitrogens with zero attached hydrogens (tertiary/aromatic N) is 2. The third-order valence-corrected chi connectivity index (χ3v) is 7.47. The van der Waals surface area contributed by atoms with Gasteiger partial charge in [0.15, 0.2) is 5.78 Å². The topological polar surface area (TPSA) is 61.3 Å². The maximum Gasteiger partial charge on any atom is 0.163 e. The van der Waals surface area contributed by atoms with Crippen molar-refractivity contribution in [2.45, 2.75) is 59.2 Å². The molecule has 0 radical (unpaired) electrons. The van der Waals surface area contributed by atoms with Crippen LogP contribution in [-0.4, -0.2) is 28.0 Å². The Hall–Kier alpha value is -4.09. The quantitative estimate of drug-likeness (QED) is 0.225. The van der Waals surface area contributed by atoms with Crippen LogP contribution in [0.5, 0.6) is 5.75 Å². The summed E-state index contributed by atoms with van der Waals surface area (Å²) in [4.78, 5) is 23.2. The Kier molecular flexibility index (Phi) is 6.63. The molecule has 0 aliphatic carbocycles. The van der Waals surface area contributed by atoms with Gasteiger partial charge in [0.05, 0.1) is 23.2 Å². The maximum atomic E-state index is 13.2. The van der Waals surface area contributed by atoms with Gasteiger partial charge in [-0.15, -0.1) is 0 Å². The smallest absolute Gasteiger partial charge is 0.163 e. The van der Waals surface area contributed by atoms with Crippen LogP contribution in [0.2, 0.25) is 0 Å². The van der Waals surface area contributed by atoms with Gasteiger partial charge in [-0.1, -0.05) is 36.4 Å². The Bertz CT molecular complexity index is 1740. The number of aryl methyl sites for hydroxylation is 1. The number of hydrogen-bond acceptors (Lipinski definition) is 5. The van der Waals surface area contributed by atoms with Crippen LogP contribution in [0, 0.1) is 6.92 Å². The summed E-state index contributed by atoms with van der Waals surface area (Å²) in [6, 6.07) is 22.9. The van der Waals surface area contributed by atoms with E-state index in [4.69, 9.17) is 19.4 Å². The van der Waals surface area contributed by atoms with Gasteiger partial charge in [-0.05, 0) is 92.8 Å². The van der Waals surface area contributed by atoms with Crippen molar-refractivity contribution in [3.8, 4) is 16.9 Å². The third kappa shape index (κ3) is 4.86. The molecular formula is C35H34N2O3. The van der Waals surface area contributed by atoms with E-state index >= 15 is 0 Å². The van der Waals surface area contributed by atoms with Gasteiger partial charge in [-0.3, -0.25) is 14.8 Å². The molecule has 1 atom stereocenters. The Balaban J connectivity index is 1.64. The number of ketones is 1. The molecule has 3 heterocycles. The Morgan fingerprint density at radius 1 is 1.05 bits per heavy atom. The van der Waals surface area contributed by atoms with Gasteiger partial charge in [-0.2, -0.15) is 0 Å². The molecule has 0 fully saturated rings. The van der Waals surface area contributed by atoms with Gasteiger partial charge in [0.25, 0.3) is 0 Å². The second-order valence-electron chi connectivity index (χ2n) is 11.6. The first-order valence-electron chi connectivity index (χ1n) is 13.9. The summed E-state index contributed by atoms with van der Waals surface area (Å²) >= 11 is 0. The van der Waals surface area contributed by atoms with E-state index in [0.717, 1.165) is 68.3 Å². The number of benzene rings is 3. The number of carbonyl (C=O) groups is 1. The van der Waals surface area contributed by atoms with Crippen LogP contribution in [0.1, 0.15) is 61.7 Å². The fourth-order valence-corrected chi connectivity index (χ4v) is 5.80. The van der Waals surface area contributed by atoms with E-state index in [1.807, 2.05) is 46.0 Å². The minimum absolute atomic E-state index is 0.0358. The number of ether oxygens (including phenoxy) is 2. The number of Topliss-reactive ketones (excluding diaryl/α,β-unsaturated/α-hetero) is 1. The van der Waals surface area contributed by atoms with Gasteiger partial charge in [-0.25, -0.2) is 0 Å². The van der Waals surface area contributed by atoms with Crippen LogP contribution < -0.4 is 4.74 Å². The average Bonchev–Trinajstić information content (AvgIpc) is 2.92. The summed E-state index contributed by atoms with van der Waals surface area (Å²) in [5.41, 5.74) is 8.41. The standard InChI is InChI=1S/C35H34N2O3/c1-21-19-28-26(12-11-25(37-28)20-23-9-7-6-8-10-23)32(30(21)34(22(2)38)40-35(3,4)5)27-13-14-29-31-24(16-18-39-29)15-17-36-33(27)31/h6-15,17,19,34H,16,18,20H2,1-5H3/t34-/m1/s1. The summed E-state index contributed by atoms with van der Waals surface area (Å²) in [5, 5.41) is 2.01. The fraction of sp³-hybridized carbons (Fsp3) is 0.286. The van der Waals surface area contributed by atoms with Crippen LogP contribution >= 0.6 is 0 Å². The highest BCUT2D eigenvalue weighted by molar-refractivity contribution is 6.08. The van der Waals surface area contributed by atoms with E-state index in [-0.39, 0.29) is 5.78 Å². The molecule has 3 aromatic carbocycles. The van der Waals surface area contributed by atoms with Crippen molar-refractivity contribution in [3.05, 3.63) is 101 Å². The lowest BCUT2D eigenvalue weighted by Gasteiger charge is -2.30. The molecule has 0 amide bonds. The van der Waals surface area contributed by atoms with E-state index < -0.39 is 11.7 Å². The summed E-state index contributed by atoms with van der Waals surface area (Å²) < 4.78 is 12.5. The molecule has 0 bridgehead atoms. The van der Waals surface area contributed by atoms with Crippen molar-refractivity contribution < 1.29 is 14.3 Å². The molecule has 40 heavy (non-hydrogen) atoms. The van der Waals surface area contributed by atoms with Crippen LogP contribution in [0.25, 0.3) is 32.9 Å². The molecule has 1 aliphatic heterocycles. The SMILES string of the molecule is CC(=O)[C@@H](OC(C)(C)C)c1c(C)cc2nc(Cc3ccccc3)ccc2c1-c1ccc2c3c(ccnc13)CCO2. The lowest BCUT2D eigenvalue weighted by molar-refractivity contribution is -0.138. The predicted octanol–water partition coefficient (Wildman–Crippen LogP) is 7.73. The highest BCUT2D eigenvalue weighted by Crippen LogP contribution is 2.45. The first kappa shape index (κ1) is 26.1. The molecule has 5 nitrogen and oxygen atoms in total. The highest BCUT2D eigenvalue weighted by atomic mass is 16.5. The molecule has 5 heteroatoms. The second-order valence-corrected chi connectivity index (χ2v) is 11.6. The van der Waals surface area contributed by atoms with Crippen molar-refractivity contribution in [1.29, 1.82) is 0 Å². The highest BCUT2D eigenvalue weighted by Gasteiger charge is 2.31. The number of hydrogen-bond donors (Lipinski definition) is 0. The molecule has 1 aliphatic rings. The minimum atomic E-state index is -0.731. The molecule has 5 aromatic rings. The zero-order valence-corrected chi connectivity index (χ0v) is 23.7. The number of carbonyl (C=O) groups excluding carboxylic acids is 1. The van der Waals surface area contributed by atoms with Gasteiger partial charge in [0.2, 0.25) is 0 Å². The summed E-state index contributed by atoms with van der Waals surface area (Å²) in [7, 11) is 0. The normalized spacial score (nSPS) is 13.8. The molecule has 0 spiro atoms. The van der Waals surface area contributed by atoms with Crippen LogP contribution in [-0.2, 0) is 22.4 Å². The van der Waals surface area contributed by atoms with E-state index in [1.165, 1.54) is 11.1 Å². The molecule has 0 N–H and O–H groups in total. The minimum Gasteiger partial charge on any atom is -0.493 e. The zero-order chi connectivity index (χ0) is 28.0. The van der Waals surface area contributed by atoms with Crippen LogP contribution in [0.15, 0.2) is 72.9 Å². The first-order chi connectivity index (χ1) is 19.2. The van der Waals surface area contributed by atoms with Gasteiger partial charge >= 0.3 is 0 Å². The lowest BCUT2D eigenvalue weighted by atomic mass is 9.85. The summed E-state index contributed by atoms with van der Waals surface area (Å²) in [5.74, 6) is 0.815. The number of aromatic nitrogens is 2. The van der Waals surface area contributed by atoms with Crippen molar-refractivity contribution >= 4 is 27.6 Å². The molecule has 0 unspecified atom stereocenters. The second kappa shape index (κ2) is 10.1. The van der Waals surface area contributed by atoms with Gasteiger partial charge in [0.1, 0.15) is 11.9 Å². The number of fused-ring (bicyclic) bond motifs is 1. The predicted molar refractivity (Wildman–Crippen MR) is 160 cm³/mol. The molecular weight excluding hydrogens is 496 g/mol. The lowest BCUT2D eigenvalue weighted by Crippen LogP contribution is -2.27. The van der Waals surface area contributed by atoms with Crippen LogP contribution in [0.3, 0.4) is 0 Å². The maximum absolute atomic E-state index is 13.2. The van der Waals surface area contributed by atoms with E-state index in [1.54, 1.807) is 6.92 Å². The van der Waals surface area contributed by atoms with Crippen molar-refractivity contribution in [2.75, 3.05) is 6.61 Å². The molecule has 2 aromatic heterocycles. The van der Waals surface area contributed by atoms with Gasteiger partial charge in [0, 0.05) is 41.1 Å². The van der Waals surface area contributed by atoms with Gasteiger partial charge < -0.3 is 9.47 Å². The average molecular weight is 531 g/mol. The number of rotatable bonds is 6. The number of pyridine rings is 2. The third-order valence-electron chi connectivity index (χ3n) is 7.47. The monoisotopic (exact) mass is 530 g/mol. The summed E-state index contributed by atoms with van der Waals surface area (Å²) in [6.45, 7) is 10.3. The molecule has 0 saturated heterocycles. The molecule has 6 rings (SSSR count). The summed E-state index contributed by atoms with van der Waals surface area (Å²) in [6.07, 6.45) is 2.73. The van der Waals surface area contributed by atoms with Crippen LogP contribution in [0.4, 0.5) is 0 Å². The van der Waals surface area contributed by atoms with E-state index in [9.17, 15) is 4.79 Å². The Morgan fingerprint density at radius 2 is 1.85 bits per heavy atom. The zero-order valence-electron chi connectivity index (χ0n) is 23.7. The Morgan fingerprint density at radius 3 is 2.60 bits per heavy atom. The van der Waals surface area contributed by atoms with E-state index in [0.29, 0.717) is 6.61 Å². The molecule has 202 valence electrons. The molecule has 0 saturated carbocycles. The first-order valence-corrected chi connectivity index (χ1v) is 13.9. The van der Waals surface area contributed by atoms with Crippen molar-refractivity contribution in [3.63, 3.8) is 0 Å². The fourth-order valence-electron chi connectivity index (χ4n) is 5.80. The van der Waals surface area contributed by atoms with E-state index in [2.05, 4.69) is 54.6 Å². The van der Waals surface area contributed by atoms with Crippen molar-refractivity contribution in [2.24, 2.45) is 0 Å².